The van der Waals surface area contributed by atoms with Crippen LogP contribution in [0.25, 0.3) is 10.9 Å². The highest BCUT2D eigenvalue weighted by molar-refractivity contribution is 5.94. The number of carbonyl (C=O) groups is 1. The summed E-state index contributed by atoms with van der Waals surface area (Å²) in [6, 6.07) is 8.28. The highest BCUT2D eigenvalue weighted by Gasteiger charge is 2.27. The molecule has 1 fully saturated rings. The number of hydrogen-bond acceptors (Lipinski definition) is 3. The van der Waals surface area contributed by atoms with Gasteiger partial charge < -0.3 is 10.2 Å². The summed E-state index contributed by atoms with van der Waals surface area (Å²) < 4.78 is 0. The van der Waals surface area contributed by atoms with Crippen molar-refractivity contribution in [1.82, 2.24) is 10.3 Å². The number of piperidine rings is 1. The second-order valence-corrected chi connectivity index (χ2v) is 6.09. The summed E-state index contributed by atoms with van der Waals surface area (Å²) in [5.41, 5.74) is 4.56. The van der Waals surface area contributed by atoms with Gasteiger partial charge in [-0.3, -0.25) is 9.78 Å². The molecule has 1 amide bonds. The van der Waals surface area contributed by atoms with Gasteiger partial charge in [-0.15, -0.1) is 0 Å². The highest BCUT2D eigenvalue weighted by atomic mass is 16.1. The lowest BCUT2D eigenvalue weighted by Crippen LogP contribution is -2.42. The largest absolute Gasteiger partial charge is 0.370 e. The van der Waals surface area contributed by atoms with Gasteiger partial charge in [0.05, 0.1) is 17.1 Å². The number of benzene rings is 1. The molecule has 1 atom stereocenters. The van der Waals surface area contributed by atoms with Gasteiger partial charge in [-0.25, -0.2) is 0 Å². The molecule has 3 rings (SSSR count). The molecule has 1 aromatic heterocycles. The van der Waals surface area contributed by atoms with E-state index >= 15 is 0 Å². The van der Waals surface area contributed by atoms with Crippen LogP contribution >= 0.6 is 0 Å². The molecule has 1 N–H and O–H groups in total. The summed E-state index contributed by atoms with van der Waals surface area (Å²) in [5, 5.41) is 3.98. The van der Waals surface area contributed by atoms with Crippen molar-refractivity contribution < 1.29 is 4.79 Å². The van der Waals surface area contributed by atoms with E-state index in [1.807, 2.05) is 6.07 Å². The molecule has 1 aliphatic heterocycles. The van der Waals surface area contributed by atoms with E-state index < -0.39 is 0 Å². The Morgan fingerprint density at radius 1 is 1.32 bits per heavy atom. The maximum absolute atomic E-state index is 12.0. The molecule has 0 unspecified atom stereocenters. The minimum Gasteiger partial charge on any atom is -0.370 e. The summed E-state index contributed by atoms with van der Waals surface area (Å²) in [6.45, 7) is 5.98. The Morgan fingerprint density at radius 2 is 2.09 bits per heavy atom. The zero-order valence-corrected chi connectivity index (χ0v) is 13.5. The molecule has 0 spiro atoms. The Bertz CT molecular complexity index is 711. The molecule has 116 valence electrons. The van der Waals surface area contributed by atoms with E-state index in [9.17, 15) is 4.79 Å². The lowest BCUT2D eigenvalue weighted by Gasteiger charge is -2.35. The number of anilines is 1. The third-order valence-electron chi connectivity index (χ3n) is 4.70. The smallest absolute Gasteiger partial charge is 0.224 e. The number of para-hydroxylation sites is 1. The van der Waals surface area contributed by atoms with Crippen LogP contribution < -0.4 is 10.2 Å². The molecule has 1 saturated heterocycles. The fourth-order valence-electron chi connectivity index (χ4n) is 3.42. The van der Waals surface area contributed by atoms with E-state index in [2.05, 4.69) is 42.3 Å². The SMILES string of the molecule is CNC(=O)[C@H]1CCCN(c2c(C)c(C)nc3ccccc23)C1. The monoisotopic (exact) mass is 297 g/mol. The number of aromatic nitrogens is 1. The maximum atomic E-state index is 12.0. The molecule has 1 aliphatic rings. The van der Waals surface area contributed by atoms with Gasteiger partial charge in [-0.2, -0.15) is 0 Å². The summed E-state index contributed by atoms with van der Waals surface area (Å²) in [7, 11) is 1.72. The van der Waals surface area contributed by atoms with Gasteiger partial charge in [0.2, 0.25) is 5.91 Å². The predicted molar refractivity (Wildman–Crippen MR) is 90.2 cm³/mol. The lowest BCUT2D eigenvalue weighted by molar-refractivity contribution is -0.124. The second kappa shape index (κ2) is 5.95. The Hall–Kier alpha value is -2.10. The maximum Gasteiger partial charge on any atom is 0.224 e. The van der Waals surface area contributed by atoms with Crippen LogP contribution in [-0.2, 0) is 4.79 Å². The molecule has 0 saturated carbocycles. The van der Waals surface area contributed by atoms with Crippen molar-refractivity contribution in [2.24, 2.45) is 5.92 Å². The number of nitrogens with one attached hydrogen (secondary N) is 1. The van der Waals surface area contributed by atoms with Crippen molar-refractivity contribution in [2.75, 3.05) is 25.0 Å². The van der Waals surface area contributed by atoms with E-state index in [0.29, 0.717) is 0 Å². The molecule has 0 radical (unpaired) electrons. The van der Waals surface area contributed by atoms with Crippen LogP contribution in [0.1, 0.15) is 24.1 Å². The fraction of sp³-hybridized carbons (Fsp3) is 0.444. The van der Waals surface area contributed by atoms with Crippen molar-refractivity contribution in [3.63, 3.8) is 0 Å². The summed E-state index contributed by atoms with van der Waals surface area (Å²) >= 11 is 0. The fourth-order valence-corrected chi connectivity index (χ4v) is 3.42. The number of fused-ring (bicyclic) bond motifs is 1. The highest BCUT2D eigenvalue weighted by Crippen LogP contribution is 2.33. The van der Waals surface area contributed by atoms with E-state index in [4.69, 9.17) is 4.98 Å². The van der Waals surface area contributed by atoms with Crippen molar-refractivity contribution >= 4 is 22.5 Å². The van der Waals surface area contributed by atoms with Crippen LogP contribution in [0.15, 0.2) is 24.3 Å². The third-order valence-corrected chi connectivity index (χ3v) is 4.70. The normalized spacial score (nSPS) is 18.5. The number of nitrogens with zero attached hydrogens (tertiary/aromatic N) is 2. The van der Waals surface area contributed by atoms with E-state index in [0.717, 1.165) is 37.1 Å². The van der Waals surface area contributed by atoms with E-state index in [1.165, 1.54) is 16.6 Å². The van der Waals surface area contributed by atoms with Crippen LogP contribution in [-0.4, -0.2) is 31.0 Å². The summed E-state index contributed by atoms with van der Waals surface area (Å²) in [5.74, 6) is 0.225. The molecular weight excluding hydrogens is 274 g/mol. The summed E-state index contributed by atoms with van der Waals surface area (Å²) in [4.78, 5) is 19.1. The molecule has 0 aliphatic carbocycles. The first-order valence-corrected chi connectivity index (χ1v) is 7.94. The Balaban J connectivity index is 2.05. The standard InChI is InChI=1S/C18H23N3O/c1-12-13(2)20-16-9-5-4-8-15(16)17(12)21-10-6-7-14(11-21)18(22)19-3/h4-5,8-9,14H,6-7,10-11H2,1-3H3,(H,19,22)/t14-/m0/s1. The first kappa shape index (κ1) is 14.8. The predicted octanol–water partition coefficient (Wildman–Crippen LogP) is 2.81. The van der Waals surface area contributed by atoms with Gasteiger partial charge in [-0.05, 0) is 38.3 Å². The number of hydrogen-bond donors (Lipinski definition) is 1. The quantitative estimate of drug-likeness (QED) is 0.927. The average molecular weight is 297 g/mol. The average Bonchev–Trinajstić information content (AvgIpc) is 2.55. The van der Waals surface area contributed by atoms with Crippen LogP contribution in [0.3, 0.4) is 0 Å². The van der Waals surface area contributed by atoms with Crippen molar-refractivity contribution in [1.29, 1.82) is 0 Å². The second-order valence-electron chi connectivity index (χ2n) is 6.09. The minimum absolute atomic E-state index is 0.0744. The molecule has 2 heterocycles. The van der Waals surface area contributed by atoms with Gasteiger partial charge in [0, 0.05) is 31.2 Å². The first-order valence-electron chi connectivity index (χ1n) is 7.94. The van der Waals surface area contributed by atoms with Crippen molar-refractivity contribution in [2.45, 2.75) is 26.7 Å². The molecule has 0 bridgehead atoms. The first-order chi connectivity index (χ1) is 10.6. The van der Waals surface area contributed by atoms with Gasteiger partial charge in [0.1, 0.15) is 0 Å². The Kier molecular flexibility index (Phi) is 4.01. The molecule has 4 heteroatoms. The zero-order valence-electron chi connectivity index (χ0n) is 13.5. The molecule has 4 nitrogen and oxygen atoms in total. The van der Waals surface area contributed by atoms with Gasteiger partial charge in [0.15, 0.2) is 0 Å². The molecule has 2 aromatic rings. The van der Waals surface area contributed by atoms with E-state index in [1.54, 1.807) is 7.05 Å². The number of pyridine rings is 1. The number of aryl methyl sites for hydroxylation is 1. The van der Waals surface area contributed by atoms with E-state index in [-0.39, 0.29) is 11.8 Å². The van der Waals surface area contributed by atoms with Crippen molar-refractivity contribution in [3.8, 4) is 0 Å². The topological polar surface area (TPSA) is 45.2 Å². The molecular formula is C18H23N3O. The van der Waals surface area contributed by atoms with Crippen LogP contribution in [0.5, 0.6) is 0 Å². The van der Waals surface area contributed by atoms with Crippen LogP contribution in [0.4, 0.5) is 5.69 Å². The van der Waals surface area contributed by atoms with Gasteiger partial charge in [0.25, 0.3) is 0 Å². The molecule has 22 heavy (non-hydrogen) atoms. The number of rotatable bonds is 2. The van der Waals surface area contributed by atoms with Crippen LogP contribution in [0, 0.1) is 19.8 Å². The van der Waals surface area contributed by atoms with Crippen molar-refractivity contribution in [3.05, 3.63) is 35.5 Å². The minimum atomic E-state index is 0.0744. The zero-order chi connectivity index (χ0) is 15.7. The Morgan fingerprint density at radius 3 is 2.86 bits per heavy atom. The van der Waals surface area contributed by atoms with Gasteiger partial charge >= 0.3 is 0 Å². The Labute approximate surface area is 131 Å². The third kappa shape index (κ3) is 2.54. The lowest BCUT2D eigenvalue weighted by atomic mass is 9.95. The van der Waals surface area contributed by atoms with Gasteiger partial charge in [-0.1, -0.05) is 18.2 Å². The van der Waals surface area contributed by atoms with Crippen LogP contribution in [0.2, 0.25) is 0 Å². The molecule has 1 aromatic carbocycles. The number of amides is 1. The number of carbonyl (C=O) groups excluding carboxylic acids is 1. The summed E-state index contributed by atoms with van der Waals surface area (Å²) in [6.07, 6.45) is 2.02.